The molecule has 0 aliphatic carbocycles. The van der Waals surface area contributed by atoms with Crippen LogP contribution in [0, 0.1) is 5.92 Å². The van der Waals surface area contributed by atoms with Crippen LogP contribution in [0.2, 0.25) is 0 Å². The van der Waals surface area contributed by atoms with Crippen molar-refractivity contribution in [2.24, 2.45) is 5.92 Å². The number of halogens is 3. The van der Waals surface area contributed by atoms with Crippen molar-refractivity contribution in [3.63, 3.8) is 0 Å². The van der Waals surface area contributed by atoms with E-state index in [9.17, 15) is 23.1 Å². The van der Waals surface area contributed by atoms with E-state index >= 15 is 0 Å². The van der Waals surface area contributed by atoms with E-state index in [1.54, 1.807) is 40.7 Å². The largest absolute Gasteiger partial charge is 0.416 e. The summed E-state index contributed by atoms with van der Waals surface area (Å²) in [6, 6.07) is 5.19. The van der Waals surface area contributed by atoms with E-state index in [4.69, 9.17) is 4.74 Å². The Kier molecular flexibility index (Phi) is 9.26. The third-order valence-corrected chi connectivity index (χ3v) is 6.30. The van der Waals surface area contributed by atoms with Crippen molar-refractivity contribution in [2.75, 3.05) is 26.7 Å². The summed E-state index contributed by atoms with van der Waals surface area (Å²) < 4.78 is 48.2. The lowest BCUT2D eigenvalue weighted by molar-refractivity contribution is -0.138. The molecule has 2 aromatic rings. The lowest BCUT2D eigenvalue weighted by Gasteiger charge is -2.35. The smallest absolute Gasteiger partial charge is 0.394 e. The van der Waals surface area contributed by atoms with Crippen LogP contribution >= 0.6 is 0 Å². The summed E-state index contributed by atoms with van der Waals surface area (Å²) in [4.78, 5) is 16.4. The van der Waals surface area contributed by atoms with Crippen LogP contribution in [0.15, 0.2) is 30.5 Å². The molecule has 1 aliphatic rings. The number of amides is 1. The first-order valence-electron chi connectivity index (χ1n) is 11.8. The van der Waals surface area contributed by atoms with E-state index in [0.717, 1.165) is 6.07 Å². The molecule has 0 fully saturated rings. The minimum absolute atomic E-state index is 0.0656. The molecule has 1 aliphatic heterocycles. The van der Waals surface area contributed by atoms with Gasteiger partial charge < -0.3 is 14.7 Å². The first kappa shape index (κ1) is 27.1. The number of hydrogen-bond acceptors (Lipinski definition) is 6. The van der Waals surface area contributed by atoms with Gasteiger partial charge in [0.1, 0.15) is 5.69 Å². The monoisotopic (exact) mass is 497 g/mol. The van der Waals surface area contributed by atoms with Gasteiger partial charge in [-0.3, -0.25) is 14.4 Å². The van der Waals surface area contributed by atoms with E-state index in [-0.39, 0.29) is 43.2 Å². The second-order valence-electron chi connectivity index (χ2n) is 9.33. The number of alkyl halides is 3. The highest BCUT2D eigenvalue weighted by Gasteiger charge is 2.33. The molecule has 8 nitrogen and oxygen atoms in total. The van der Waals surface area contributed by atoms with Crippen molar-refractivity contribution in [3.05, 3.63) is 47.3 Å². The molecular weight excluding hydrogens is 463 g/mol. The van der Waals surface area contributed by atoms with Crippen LogP contribution in [0.1, 0.15) is 43.5 Å². The van der Waals surface area contributed by atoms with Crippen LogP contribution in [-0.4, -0.2) is 74.7 Å². The standard InChI is InChI=1S/C24H34F3N5O3/c1-17-11-32(18(2)15-33)23(34)9-6-10-31-13-20(28-29-31)16-35-22(17)14-30(3)12-19-7-4-5-8-21(19)24(25,26)27/h4-5,7-8,13,17-18,22,33H,6,9-12,14-16H2,1-3H3/t17-,18+,22+/m1/s1. The van der Waals surface area contributed by atoms with Crippen molar-refractivity contribution in [1.29, 1.82) is 0 Å². The SMILES string of the molecule is C[C@@H]1CN([C@@H](C)CO)C(=O)CCCn2cc(nn2)CO[C@H]1CN(C)Cc1ccccc1C(F)(F)F. The number of ether oxygens (including phenoxy) is 1. The zero-order valence-electron chi connectivity index (χ0n) is 20.4. The normalized spacial score (nSPS) is 21.4. The summed E-state index contributed by atoms with van der Waals surface area (Å²) in [7, 11) is 1.75. The molecule has 1 aromatic carbocycles. The van der Waals surface area contributed by atoms with Gasteiger partial charge in [0.2, 0.25) is 5.91 Å². The maximum atomic E-state index is 13.5. The molecule has 1 aromatic heterocycles. The fourth-order valence-corrected chi connectivity index (χ4v) is 4.29. The fourth-order valence-electron chi connectivity index (χ4n) is 4.29. The van der Waals surface area contributed by atoms with E-state index in [0.29, 0.717) is 38.2 Å². The van der Waals surface area contributed by atoms with Crippen LogP contribution in [0.4, 0.5) is 13.2 Å². The van der Waals surface area contributed by atoms with Crippen molar-refractivity contribution in [1.82, 2.24) is 24.8 Å². The summed E-state index contributed by atoms with van der Waals surface area (Å²) in [6.45, 7) is 5.12. The van der Waals surface area contributed by atoms with E-state index < -0.39 is 17.8 Å². The average molecular weight is 498 g/mol. The number of aliphatic hydroxyl groups is 1. The zero-order chi connectivity index (χ0) is 25.6. The number of aromatic nitrogens is 3. The van der Waals surface area contributed by atoms with Crippen molar-refractivity contribution >= 4 is 5.91 Å². The topological polar surface area (TPSA) is 83.7 Å². The quantitative estimate of drug-likeness (QED) is 0.661. The van der Waals surface area contributed by atoms with Crippen LogP contribution in [-0.2, 0) is 35.4 Å². The number of carbonyl (C=O) groups excluding carboxylic acids is 1. The van der Waals surface area contributed by atoms with Crippen molar-refractivity contribution in [2.45, 2.75) is 64.7 Å². The average Bonchev–Trinajstić information content (AvgIpc) is 3.26. The van der Waals surface area contributed by atoms with Gasteiger partial charge in [0, 0.05) is 38.5 Å². The highest BCUT2D eigenvalue weighted by Crippen LogP contribution is 2.32. The maximum Gasteiger partial charge on any atom is 0.416 e. The van der Waals surface area contributed by atoms with Gasteiger partial charge in [0.15, 0.2) is 0 Å². The first-order valence-corrected chi connectivity index (χ1v) is 11.8. The molecule has 3 rings (SSSR count). The molecular formula is C24H34F3N5O3. The molecule has 0 saturated carbocycles. The van der Waals surface area contributed by atoms with Crippen LogP contribution in [0.3, 0.4) is 0 Å². The summed E-state index contributed by atoms with van der Waals surface area (Å²) in [5.41, 5.74) is 0.188. The predicted molar refractivity (Wildman–Crippen MR) is 123 cm³/mol. The number of nitrogens with zero attached hydrogens (tertiary/aromatic N) is 5. The summed E-state index contributed by atoms with van der Waals surface area (Å²) >= 11 is 0. The molecule has 0 saturated heterocycles. The number of likely N-dealkylation sites (N-methyl/N-ethyl adjacent to an activating group) is 1. The minimum Gasteiger partial charge on any atom is -0.394 e. The maximum absolute atomic E-state index is 13.5. The molecule has 1 amide bonds. The molecule has 11 heteroatoms. The van der Waals surface area contributed by atoms with Crippen LogP contribution < -0.4 is 0 Å². The Morgan fingerprint density at radius 1 is 1.31 bits per heavy atom. The highest BCUT2D eigenvalue weighted by atomic mass is 19.4. The van der Waals surface area contributed by atoms with E-state index in [2.05, 4.69) is 10.3 Å². The Bertz CT molecular complexity index is 968. The number of rotatable bonds is 6. The molecule has 0 radical (unpaired) electrons. The van der Waals surface area contributed by atoms with E-state index in [1.807, 2.05) is 6.92 Å². The molecule has 194 valence electrons. The Morgan fingerprint density at radius 3 is 2.77 bits per heavy atom. The third kappa shape index (κ3) is 7.49. The molecule has 0 spiro atoms. The Hall–Kier alpha value is -2.50. The number of carbonyl (C=O) groups is 1. The number of benzene rings is 1. The van der Waals surface area contributed by atoms with Gasteiger partial charge in [-0.15, -0.1) is 5.10 Å². The number of hydrogen-bond donors (Lipinski definition) is 1. The van der Waals surface area contributed by atoms with Gasteiger partial charge in [-0.2, -0.15) is 13.2 Å². The van der Waals surface area contributed by atoms with Gasteiger partial charge in [0.25, 0.3) is 0 Å². The third-order valence-electron chi connectivity index (χ3n) is 6.30. The molecule has 2 bridgehead atoms. The second-order valence-corrected chi connectivity index (χ2v) is 9.33. The van der Waals surface area contributed by atoms with Gasteiger partial charge in [0.05, 0.1) is 37.1 Å². The van der Waals surface area contributed by atoms with Crippen molar-refractivity contribution in [3.8, 4) is 0 Å². The number of aryl methyl sites for hydroxylation is 1. The summed E-state index contributed by atoms with van der Waals surface area (Å²) in [5, 5.41) is 17.9. The Morgan fingerprint density at radius 2 is 2.06 bits per heavy atom. The Labute approximate surface area is 203 Å². The fraction of sp³-hybridized carbons (Fsp3) is 0.625. The minimum atomic E-state index is -4.43. The van der Waals surface area contributed by atoms with Crippen molar-refractivity contribution < 1.29 is 27.8 Å². The van der Waals surface area contributed by atoms with Gasteiger partial charge >= 0.3 is 6.18 Å². The van der Waals surface area contributed by atoms with Crippen LogP contribution in [0.5, 0.6) is 0 Å². The predicted octanol–water partition coefficient (Wildman–Crippen LogP) is 2.95. The molecule has 0 unspecified atom stereocenters. The molecule has 1 N–H and O–H groups in total. The molecule has 2 heterocycles. The summed E-state index contributed by atoms with van der Waals surface area (Å²) in [6.07, 6.45) is -2.14. The highest BCUT2D eigenvalue weighted by molar-refractivity contribution is 5.76. The zero-order valence-corrected chi connectivity index (χ0v) is 20.4. The molecule has 3 atom stereocenters. The lowest BCUT2D eigenvalue weighted by atomic mass is 10.0. The second kappa shape index (κ2) is 12.0. The lowest BCUT2D eigenvalue weighted by Crippen LogP contribution is -2.47. The van der Waals surface area contributed by atoms with Gasteiger partial charge in [-0.1, -0.05) is 30.3 Å². The van der Waals surface area contributed by atoms with Crippen LogP contribution in [0.25, 0.3) is 0 Å². The first-order chi connectivity index (χ1) is 16.6. The Balaban J connectivity index is 1.80. The van der Waals surface area contributed by atoms with Gasteiger partial charge in [-0.05, 0) is 32.0 Å². The number of fused-ring (bicyclic) bond motifs is 2. The van der Waals surface area contributed by atoms with E-state index in [1.165, 1.54) is 12.1 Å². The van der Waals surface area contributed by atoms with Gasteiger partial charge in [-0.25, -0.2) is 0 Å². The molecule has 35 heavy (non-hydrogen) atoms. The summed E-state index contributed by atoms with van der Waals surface area (Å²) in [5.74, 6) is -0.215. The number of aliphatic hydroxyl groups excluding tert-OH is 1.